The van der Waals surface area contributed by atoms with Gasteiger partial charge in [0.15, 0.2) is 10.9 Å². The summed E-state index contributed by atoms with van der Waals surface area (Å²) >= 11 is 7.50. The van der Waals surface area contributed by atoms with Crippen LogP contribution in [0.25, 0.3) is 32.2 Å². The summed E-state index contributed by atoms with van der Waals surface area (Å²) in [6.07, 6.45) is 0.464. The topological polar surface area (TPSA) is 110 Å². The smallest absolute Gasteiger partial charge is 0.345 e. The van der Waals surface area contributed by atoms with Gasteiger partial charge in [-0.25, -0.2) is 13.8 Å². The first-order valence-electron chi connectivity index (χ1n) is 12.3. The molecule has 4 heterocycles. The number of halogens is 5. The molecule has 9 nitrogen and oxygen atoms in total. The van der Waals surface area contributed by atoms with E-state index in [-0.39, 0.29) is 49.6 Å². The van der Waals surface area contributed by atoms with Crippen LogP contribution in [0.5, 0.6) is 6.01 Å². The molecule has 0 bridgehead atoms. The highest BCUT2D eigenvalue weighted by atomic mass is 35.5. The van der Waals surface area contributed by atoms with Gasteiger partial charge in [-0.3, -0.25) is 0 Å². The number of likely N-dealkylation sites (tertiary alicyclic amines) is 1. The Hall–Kier alpha value is -3.04. The molecule has 2 aliphatic heterocycles. The molecule has 214 valence electrons. The summed E-state index contributed by atoms with van der Waals surface area (Å²) in [5.74, 6) is -0.727. The lowest BCUT2D eigenvalue weighted by Gasteiger charge is -2.29. The van der Waals surface area contributed by atoms with Crippen molar-refractivity contribution in [2.24, 2.45) is 0 Å². The number of alkyl halides is 2. The van der Waals surface area contributed by atoms with Gasteiger partial charge in [0.2, 0.25) is 0 Å². The van der Waals surface area contributed by atoms with E-state index in [0.717, 1.165) is 37.4 Å². The largest absolute Gasteiger partial charge is 0.467 e. The summed E-state index contributed by atoms with van der Waals surface area (Å²) in [6, 6.07) is 4.45. The first kappa shape index (κ1) is 28.5. The number of benzene rings is 2. The number of likely N-dealkylation sites (N-methyl/N-ethyl adjacent to an activating group) is 1. The lowest BCUT2D eigenvalue weighted by Crippen LogP contribution is -2.51. The van der Waals surface area contributed by atoms with Gasteiger partial charge in [-0.05, 0) is 31.7 Å². The summed E-state index contributed by atoms with van der Waals surface area (Å²) in [4.78, 5) is 14.7. The second kappa shape index (κ2) is 11.8. The standard InChI is InChI=1S/C19H15ClF2N6OS.C6H11F2NO/c1-29-19-27-14-9(17(28-19)25-7-5-24-6-7)4-10(20)12(13(14)22)8-2-3-11(21)16-15(8)26-18(23)30-16;1-9-3-2-5(4-9)10-6(7)8/h2-4,7,24H,5-6H2,1H3,(H2,23,26)(H,25,27,28);5-6H,2-4H2,1H3. The number of ether oxygens (including phenoxy) is 2. The average Bonchev–Trinajstić information content (AvgIpc) is 3.48. The molecule has 0 radical (unpaired) electrons. The molecule has 0 aliphatic carbocycles. The Bertz CT molecular complexity index is 1540. The molecule has 1 unspecified atom stereocenters. The Morgan fingerprint density at radius 1 is 1.20 bits per heavy atom. The summed E-state index contributed by atoms with van der Waals surface area (Å²) < 4.78 is 62.8. The summed E-state index contributed by atoms with van der Waals surface area (Å²) in [6.45, 7) is 0.403. The van der Waals surface area contributed by atoms with Gasteiger partial charge in [0, 0.05) is 42.7 Å². The number of anilines is 2. The normalized spacial score (nSPS) is 17.8. The van der Waals surface area contributed by atoms with Crippen molar-refractivity contribution in [3.63, 3.8) is 0 Å². The number of thiazole rings is 1. The van der Waals surface area contributed by atoms with Gasteiger partial charge >= 0.3 is 12.6 Å². The molecule has 2 aromatic carbocycles. The summed E-state index contributed by atoms with van der Waals surface area (Å²) in [5, 5.41) is 7.13. The fraction of sp³-hybridized carbons (Fsp3) is 0.400. The van der Waals surface area contributed by atoms with Gasteiger partial charge in [0.25, 0.3) is 0 Å². The van der Waals surface area contributed by atoms with Crippen molar-refractivity contribution in [1.29, 1.82) is 0 Å². The number of hydrogen-bond donors (Lipinski definition) is 3. The van der Waals surface area contributed by atoms with Gasteiger partial charge < -0.3 is 30.7 Å². The first-order valence-corrected chi connectivity index (χ1v) is 13.5. The number of rotatable bonds is 6. The molecule has 2 aliphatic rings. The van der Waals surface area contributed by atoms with E-state index in [9.17, 15) is 13.2 Å². The fourth-order valence-corrected chi connectivity index (χ4v) is 5.61. The molecule has 1 atom stereocenters. The molecular weight excluding hydrogens is 574 g/mol. The van der Waals surface area contributed by atoms with Crippen LogP contribution in [0, 0.1) is 11.6 Å². The van der Waals surface area contributed by atoms with E-state index in [2.05, 4.69) is 30.3 Å². The molecule has 0 saturated carbocycles. The fourth-order valence-electron chi connectivity index (χ4n) is 4.55. The van der Waals surface area contributed by atoms with E-state index in [1.54, 1.807) is 6.07 Å². The number of methoxy groups -OCH3 is 1. The summed E-state index contributed by atoms with van der Waals surface area (Å²) in [5.41, 5.74) is 6.44. The van der Waals surface area contributed by atoms with E-state index >= 15 is 4.39 Å². The van der Waals surface area contributed by atoms with E-state index < -0.39 is 18.2 Å². The van der Waals surface area contributed by atoms with Crippen LogP contribution in [0.3, 0.4) is 0 Å². The molecule has 15 heteroatoms. The number of nitrogen functional groups attached to an aromatic ring is 1. The zero-order valence-corrected chi connectivity index (χ0v) is 23.1. The molecule has 4 aromatic rings. The third-order valence-corrected chi connectivity index (χ3v) is 7.78. The predicted octanol–water partition coefficient (Wildman–Crippen LogP) is 4.74. The van der Waals surface area contributed by atoms with Crippen LogP contribution < -0.4 is 21.1 Å². The van der Waals surface area contributed by atoms with Crippen molar-refractivity contribution in [1.82, 2.24) is 25.2 Å². The van der Waals surface area contributed by atoms with Crippen LogP contribution in [-0.2, 0) is 4.74 Å². The van der Waals surface area contributed by atoms with E-state index in [4.69, 9.17) is 22.1 Å². The Morgan fingerprint density at radius 3 is 2.60 bits per heavy atom. The van der Waals surface area contributed by atoms with Crippen LogP contribution in [0.2, 0.25) is 5.02 Å². The molecule has 2 fully saturated rings. The van der Waals surface area contributed by atoms with Crippen LogP contribution >= 0.6 is 22.9 Å². The molecule has 2 aromatic heterocycles. The molecule has 4 N–H and O–H groups in total. The number of fused-ring (bicyclic) bond motifs is 2. The van der Waals surface area contributed by atoms with Crippen LogP contribution in [-0.4, -0.2) is 78.9 Å². The lowest BCUT2D eigenvalue weighted by atomic mass is 10.0. The van der Waals surface area contributed by atoms with Crippen LogP contribution in [0.15, 0.2) is 18.2 Å². The van der Waals surface area contributed by atoms with Crippen molar-refractivity contribution in [2.75, 3.05) is 51.4 Å². The van der Waals surface area contributed by atoms with Gasteiger partial charge in [-0.15, -0.1) is 0 Å². The van der Waals surface area contributed by atoms with Gasteiger partial charge in [-0.2, -0.15) is 18.7 Å². The minimum atomic E-state index is -2.61. The number of aromatic nitrogens is 3. The third-order valence-electron chi connectivity index (χ3n) is 6.59. The first-order chi connectivity index (χ1) is 19.1. The number of hydrogen-bond acceptors (Lipinski definition) is 10. The van der Waals surface area contributed by atoms with Crippen molar-refractivity contribution >= 4 is 55.0 Å². The third kappa shape index (κ3) is 5.86. The average molecular weight is 600 g/mol. The molecule has 40 heavy (non-hydrogen) atoms. The molecule has 0 amide bonds. The van der Waals surface area contributed by atoms with E-state index in [1.165, 1.54) is 19.2 Å². The lowest BCUT2D eigenvalue weighted by molar-refractivity contribution is -0.158. The van der Waals surface area contributed by atoms with E-state index in [1.807, 2.05) is 11.9 Å². The second-order valence-electron chi connectivity index (χ2n) is 9.40. The highest BCUT2D eigenvalue weighted by Gasteiger charge is 2.25. The SMILES string of the molecule is CN1CCC(OC(F)F)C1.COc1nc(NC2CNC2)c2cc(Cl)c(-c3ccc(F)c4sc(N)nc34)c(F)c2n1. The van der Waals surface area contributed by atoms with Gasteiger partial charge in [0.1, 0.15) is 17.2 Å². The Morgan fingerprint density at radius 2 is 1.98 bits per heavy atom. The molecular formula is C25H26ClF4N7O2S. The van der Waals surface area contributed by atoms with Gasteiger partial charge in [0.05, 0.1) is 34.5 Å². The summed E-state index contributed by atoms with van der Waals surface area (Å²) in [7, 11) is 3.31. The number of nitrogens with zero attached hydrogens (tertiary/aromatic N) is 4. The Labute approximate surface area is 235 Å². The van der Waals surface area contributed by atoms with Crippen LogP contribution in [0.1, 0.15) is 6.42 Å². The van der Waals surface area contributed by atoms with Gasteiger partial charge in [-0.1, -0.05) is 22.9 Å². The maximum atomic E-state index is 15.8. The minimum absolute atomic E-state index is 0.0200. The van der Waals surface area contributed by atoms with Crippen molar-refractivity contribution in [2.45, 2.75) is 25.2 Å². The number of nitrogens with one attached hydrogen (secondary N) is 2. The maximum Gasteiger partial charge on any atom is 0.345 e. The predicted molar refractivity (Wildman–Crippen MR) is 147 cm³/mol. The Balaban J connectivity index is 0.000000274. The second-order valence-corrected chi connectivity index (χ2v) is 10.8. The maximum absolute atomic E-state index is 15.8. The highest BCUT2D eigenvalue weighted by molar-refractivity contribution is 7.22. The van der Waals surface area contributed by atoms with E-state index in [0.29, 0.717) is 23.3 Å². The molecule has 6 rings (SSSR count). The highest BCUT2D eigenvalue weighted by Crippen LogP contribution is 2.42. The van der Waals surface area contributed by atoms with Crippen molar-refractivity contribution < 1.29 is 27.0 Å². The minimum Gasteiger partial charge on any atom is -0.467 e. The monoisotopic (exact) mass is 599 g/mol. The number of nitrogens with two attached hydrogens (primary N) is 1. The Kier molecular flexibility index (Phi) is 8.42. The molecule has 0 spiro atoms. The zero-order valence-electron chi connectivity index (χ0n) is 21.5. The van der Waals surface area contributed by atoms with Crippen molar-refractivity contribution in [3.8, 4) is 17.1 Å². The van der Waals surface area contributed by atoms with Crippen molar-refractivity contribution in [3.05, 3.63) is 34.9 Å². The zero-order chi connectivity index (χ0) is 28.6. The molecule has 2 saturated heterocycles. The van der Waals surface area contributed by atoms with Crippen LogP contribution in [0.4, 0.5) is 28.5 Å². The quantitative estimate of drug-likeness (QED) is 0.271.